The Morgan fingerprint density at radius 2 is 1.30 bits per heavy atom. The zero-order chi connectivity index (χ0) is 50.5. The van der Waals surface area contributed by atoms with Gasteiger partial charge in [-0.2, -0.15) is 0 Å². The highest BCUT2D eigenvalue weighted by molar-refractivity contribution is 5.99. The van der Waals surface area contributed by atoms with Gasteiger partial charge in [0.15, 0.2) is 23.1 Å². The molecule has 2 N–H and O–H groups in total. The lowest BCUT2D eigenvalue weighted by Gasteiger charge is -2.41. The van der Waals surface area contributed by atoms with Crippen LogP contribution in [0.4, 0.5) is 0 Å². The summed E-state index contributed by atoms with van der Waals surface area (Å²) < 4.78 is 17.2. The number of hydrogen-bond donors (Lipinski definition) is 2. The van der Waals surface area contributed by atoms with E-state index in [0.717, 1.165) is 16.7 Å². The van der Waals surface area contributed by atoms with Crippen LogP contribution in [0.5, 0.6) is 5.75 Å². The van der Waals surface area contributed by atoms with E-state index in [4.69, 9.17) is 14.2 Å². The third-order valence-electron chi connectivity index (χ3n) is 13.2. The Balaban J connectivity index is 1.37. The summed E-state index contributed by atoms with van der Waals surface area (Å²) in [5.74, 6) is -3.41. The number of quaternary nitrogens is 1. The lowest BCUT2D eigenvalue weighted by molar-refractivity contribution is -0.940. The number of rotatable bonds is 26. The van der Waals surface area contributed by atoms with E-state index in [9.17, 15) is 33.6 Å². The topological polar surface area (TPSA) is 175 Å². The molecule has 0 saturated carbocycles. The molecule has 3 aromatic carbocycles. The average molecular weight is 951 g/mol. The van der Waals surface area contributed by atoms with E-state index in [1.165, 1.54) is 6.92 Å². The summed E-state index contributed by atoms with van der Waals surface area (Å²) in [7, 11) is 0. The van der Waals surface area contributed by atoms with Gasteiger partial charge in [0.1, 0.15) is 37.5 Å². The number of epoxide rings is 1. The Hall–Kier alpha value is -5.37. The van der Waals surface area contributed by atoms with Gasteiger partial charge in [0.25, 0.3) is 0 Å². The van der Waals surface area contributed by atoms with Gasteiger partial charge in [-0.15, -0.1) is 0 Å². The minimum Gasteiger partial charge on any atom is -0.425 e. The molecule has 3 aromatic rings. The second-order valence-electron chi connectivity index (χ2n) is 21.5. The first kappa shape index (κ1) is 54.6. The molecule has 2 heterocycles. The maximum atomic E-state index is 14.6. The number of aryl methyl sites for hydroxylation is 1. The molecular formula is C56H76N3O10+. The highest BCUT2D eigenvalue weighted by atomic mass is 16.6. The van der Waals surface area contributed by atoms with E-state index in [1.54, 1.807) is 39.8 Å². The molecule has 374 valence electrons. The maximum absolute atomic E-state index is 14.6. The van der Waals surface area contributed by atoms with Crippen LogP contribution in [0, 0.1) is 29.1 Å². The minimum atomic E-state index is -0.940. The number of nitrogens with one attached hydrogen (secondary N) is 2. The number of hydrogen-bond acceptors (Lipinski definition) is 10. The fourth-order valence-electron chi connectivity index (χ4n) is 8.99. The van der Waals surface area contributed by atoms with Gasteiger partial charge in [0.05, 0.1) is 42.9 Å². The molecule has 2 fully saturated rings. The number of amides is 2. The van der Waals surface area contributed by atoms with E-state index in [0.29, 0.717) is 69.6 Å². The zero-order valence-electron chi connectivity index (χ0n) is 42.4. The Morgan fingerprint density at radius 1 is 0.739 bits per heavy atom. The van der Waals surface area contributed by atoms with Crippen molar-refractivity contribution in [1.29, 1.82) is 0 Å². The average Bonchev–Trinajstić information content (AvgIpc) is 4.05. The molecule has 0 unspecified atom stereocenters. The maximum Gasteiger partial charge on any atom is 0.316 e. The van der Waals surface area contributed by atoms with Gasteiger partial charge in [-0.05, 0) is 108 Å². The highest BCUT2D eigenvalue weighted by Crippen LogP contribution is 2.31. The van der Waals surface area contributed by atoms with Crippen LogP contribution in [-0.2, 0) is 57.6 Å². The number of carbonyl (C=O) groups excluding carboxylic acids is 7. The molecule has 5 atom stereocenters. The van der Waals surface area contributed by atoms with Crippen LogP contribution >= 0.6 is 0 Å². The Kier molecular flexibility index (Phi) is 19.3. The monoisotopic (exact) mass is 951 g/mol. The van der Waals surface area contributed by atoms with Crippen LogP contribution in [0.15, 0.2) is 78.9 Å². The van der Waals surface area contributed by atoms with Gasteiger partial charge in [-0.3, -0.25) is 33.6 Å². The SMILES string of the molecule is CC(=O)c1cc(C[N+]2(CC(=O)C[C@@H](CCc3ccccc3)C(=O)N[C@@H](CC(C)C)C(=O)C[C@@H](Cc3ccccc3)C(=O)N[C@@H](CC(C)C)C(=O)[C@@]3(C)CO3)CCOCC2)ccc1OC(=O)C(C)(C)C. The molecule has 5 rings (SSSR count). The second-order valence-corrected chi connectivity index (χ2v) is 21.5. The summed E-state index contributed by atoms with van der Waals surface area (Å²) in [5, 5.41) is 6.07. The van der Waals surface area contributed by atoms with Crippen LogP contribution in [0.2, 0.25) is 0 Å². The van der Waals surface area contributed by atoms with Gasteiger partial charge in [0.2, 0.25) is 11.8 Å². The van der Waals surface area contributed by atoms with E-state index in [1.807, 2.05) is 94.4 Å². The van der Waals surface area contributed by atoms with Crippen LogP contribution in [-0.4, -0.2) is 103 Å². The third-order valence-corrected chi connectivity index (χ3v) is 13.2. The molecule has 0 aliphatic carbocycles. The minimum absolute atomic E-state index is 0.00572. The summed E-state index contributed by atoms with van der Waals surface area (Å²) in [5.41, 5.74) is 1.24. The number of Topliss-reactive ketones (excluding diaryl/α,β-unsaturated/α-hetero) is 4. The van der Waals surface area contributed by atoms with Crippen LogP contribution in [0.1, 0.15) is 121 Å². The van der Waals surface area contributed by atoms with Gasteiger partial charge in [0, 0.05) is 30.2 Å². The van der Waals surface area contributed by atoms with Crippen molar-refractivity contribution in [2.75, 3.05) is 39.5 Å². The quantitative estimate of drug-likeness (QED) is 0.0268. The van der Waals surface area contributed by atoms with Crippen molar-refractivity contribution in [3.8, 4) is 5.75 Å². The number of morpholine rings is 1. The molecule has 0 spiro atoms. The first-order valence-corrected chi connectivity index (χ1v) is 24.8. The number of carbonyl (C=O) groups is 7. The predicted molar refractivity (Wildman–Crippen MR) is 264 cm³/mol. The summed E-state index contributed by atoms with van der Waals surface area (Å²) in [6.45, 7) is 19.0. The summed E-state index contributed by atoms with van der Waals surface area (Å²) in [4.78, 5) is 97.0. The van der Waals surface area contributed by atoms with E-state index >= 15 is 0 Å². The molecule has 13 nitrogen and oxygen atoms in total. The van der Waals surface area contributed by atoms with Crippen molar-refractivity contribution < 1.29 is 52.3 Å². The molecule has 2 aliphatic rings. The Bertz CT molecular complexity index is 2260. The van der Waals surface area contributed by atoms with E-state index in [2.05, 4.69) is 10.6 Å². The van der Waals surface area contributed by atoms with E-state index < -0.39 is 52.7 Å². The van der Waals surface area contributed by atoms with Crippen LogP contribution in [0.3, 0.4) is 0 Å². The summed E-state index contributed by atoms with van der Waals surface area (Å²) >= 11 is 0. The first-order chi connectivity index (χ1) is 32.6. The molecule has 2 amide bonds. The number of ketones is 4. The van der Waals surface area contributed by atoms with Gasteiger partial charge < -0.3 is 29.3 Å². The number of ether oxygens (including phenoxy) is 3. The summed E-state index contributed by atoms with van der Waals surface area (Å²) in [6, 6.07) is 22.7. The van der Waals surface area contributed by atoms with Crippen molar-refractivity contribution in [2.24, 2.45) is 29.1 Å². The van der Waals surface area contributed by atoms with Crippen LogP contribution in [0.25, 0.3) is 0 Å². The highest BCUT2D eigenvalue weighted by Gasteiger charge is 2.50. The predicted octanol–water partition coefficient (Wildman–Crippen LogP) is 7.63. The lowest BCUT2D eigenvalue weighted by Crippen LogP contribution is -2.57. The Morgan fingerprint density at radius 3 is 1.87 bits per heavy atom. The fourth-order valence-corrected chi connectivity index (χ4v) is 8.99. The fraction of sp³-hybridized carbons (Fsp3) is 0.554. The molecule has 0 aromatic heterocycles. The molecule has 0 bridgehead atoms. The van der Waals surface area contributed by atoms with Gasteiger partial charge >= 0.3 is 5.97 Å². The number of esters is 1. The first-order valence-electron chi connectivity index (χ1n) is 24.8. The molecule has 69 heavy (non-hydrogen) atoms. The summed E-state index contributed by atoms with van der Waals surface area (Å²) in [6.07, 6.45) is 1.65. The van der Waals surface area contributed by atoms with Crippen molar-refractivity contribution in [1.82, 2.24) is 10.6 Å². The van der Waals surface area contributed by atoms with Crippen LogP contribution < -0.4 is 15.4 Å². The van der Waals surface area contributed by atoms with E-state index in [-0.39, 0.29) is 72.1 Å². The largest absolute Gasteiger partial charge is 0.425 e. The molecule has 2 saturated heterocycles. The zero-order valence-corrected chi connectivity index (χ0v) is 42.4. The van der Waals surface area contributed by atoms with Crippen molar-refractivity contribution in [3.63, 3.8) is 0 Å². The third kappa shape index (κ3) is 16.6. The second kappa shape index (κ2) is 24.5. The molecule has 0 radical (unpaired) electrons. The smallest absolute Gasteiger partial charge is 0.316 e. The van der Waals surface area contributed by atoms with Crippen molar-refractivity contribution >= 4 is 40.9 Å². The Labute approximate surface area is 409 Å². The molecule has 2 aliphatic heterocycles. The normalized spacial score (nSPS) is 18.4. The van der Waals surface area contributed by atoms with Crippen molar-refractivity contribution in [3.05, 3.63) is 101 Å². The lowest BCUT2D eigenvalue weighted by atomic mass is 9.87. The van der Waals surface area contributed by atoms with Gasteiger partial charge in [-0.1, -0.05) is 88.4 Å². The van der Waals surface area contributed by atoms with Gasteiger partial charge in [-0.25, -0.2) is 0 Å². The number of nitrogens with zero attached hydrogens (tertiary/aromatic N) is 1. The number of benzene rings is 3. The standard InChI is InChI=1S/C56H75N3O10/c1-37(2)28-47(49(62)33-44(30-41-18-14-11-15-19-41)53(65)58-48(29-38(3)4)51(63)56(9)36-68-56)57-52(64)43(22-20-40-16-12-10-13-17-40)32-45(61)35-59(24-26-67-27-25-59)34-42-21-23-50(46(31-42)39(5)60)69-54(66)55(6,7)8/h10-19,21,23,31,37-38,43-44,47-48H,20,22,24-30,32-36H2,1-9H3,(H-,57,58,64,65)/p+1/t43-,44-,47+,48+,56-/m1/s1. The van der Waals surface area contributed by atoms with Crippen molar-refractivity contribution in [2.45, 2.75) is 131 Å². The molecule has 13 heteroatoms. The molecular weight excluding hydrogens is 875 g/mol.